The molecule has 1 aliphatic carbocycles. The van der Waals surface area contributed by atoms with Crippen LogP contribution in [0.15, 0.2) is 30.5 Å². The lowest BCUT2D eigenvalue weighted by molar-refractivity contribution is -0.138. The van der Waals surface area contributed by atoms with Gasteiger partial charge in [-0.3, -0.25) is 4.79 Å². The lowest BCUT2D eigenvalue weighted by Crippen LogP contribution is -2.44. The molecule has 7 heteroatoms. The number of carbonyl (C=O) groups excluding carboxylic acids is 1. The first kappa shape index (κ1) is 17.8. The predicted molar refractivity (Wildman–Crippen MR) is 86.0 cm³/mol. The van der Waals surface area contributed by atoms with Crippen LogP contribution >= 0.6 is 0 Å². The second kappa shape index (κ2) is 7.45. The first-order valence-corrected chi connectivity index (χ1v) is 8.57. The topological polar surface area (TPSA) is 42.4 Å². The van der Waals surface area contributed by atoms with Crippen molar-refractivity contribution in [2.75, 3.05) is 13.1 Å². The number of allylic oxidation sites excluding steroid dienone is 2. The van der Waals surface area contributed by atoms with E-state index in [4.69, 9.17) is 4.74 Å². The lowest BCUT2D eigenvalue weighted by atomic mass is 9.92. The van der Waals surface area contributed by atoms with E-state index < -0.39 is 11.7 Å². The van der Waals surface area contributed by atoms with Crippen LogP contribution in [0.1, 0.15) is 37.7 Å². The summed E-state index contributed by atoms with van der Waals surface area (Å²) in [7, 11) is 0. The molecular weight excluding hydrogens is 333 g/mol. The minimum absolute atomic E-state index is 0.0825. The minimum atomic E-state index is -4.40. The summed E-state index contributed by atoms with van der Waals surface area (Å²) in [6.07, 6.45) is 4.43. The minimum Gasteiger partial charge on any atom is -0.474 e. The standard InChI is InChI=1S/C18H21F3N2O2/c19-18(20,21)14-6-7-16(22-12-14)25-15-8-10-23(11-9-15)17(24)13-4-2-1-3-5-13/h1-2,6-7,12-13,15H,3-5,8-11H2/t13-/m0/s1. The molecule has 1 atom stereocenters. The molecule has 136 valence electrons. The Morgan fingerprint density at radius 2 is 1.92 bits per heavy atom. The zero-order valence-electron chi connectivity index (χ0n) is 13.8. The number of aromatic nitrogens is 1. The van der Waals surface area contributed by atoms with Crippen molar-refractivity contribution in [3.8, 4) is 5.88 Å². The Kier molecular flexibility index (Phi) is 5.30. The summed E-state index contributed by atoms with van der Waals surface area (Å²) >= 11 is 0. The second-order valence-corrected chi connectivity index (χ2v) is 6.51. The molecule has 0 saturated carbocycles. The maximum absolute atomic E-state index is 12.5. The summed E-state index contributed by atoms with van der Waals surface area (Å²) in [5, 5.41) is 0. The van der Waals surface area contributed by atoms with Crippen LogP contribution in [-0.4, -0.2) is 35.0 Å². The highest BCUT2D eigenvalue weighted by atomic mass is 19.4. The fourth-order valence-corrected chi connectivity index (χ4v) is 3.26. The molecule has 1 aliphatic heterocycles. The number of ether oxygens (including phenoxy) is 1. The molecule has 2 heterocycles. The summed E-state index contributed by atoms with van der Waals surface area (Å²) in [6.45, 7) is 1.23. The van der Waals surface area contributed by atoms with E-state index in [2.05, 4.69) is 17.1 Å². The van der Waals surface area contributed by atoms with Crippen molar-refractivity contribution in [3.63, 3.8) is 0 Å². The van der Waals surface area contributed by atoms with Crippen LogP contribution in [0.5, 0.6) is 5.88 Å². The van der Waals surface area contributed by atoms with Crippen molar-refractivity contribution in [1.82, 2.24) is 9.88 Å². The molecule has 25 heavy (non-hydrogen) atoms. The zero-order chi connectivity index (χ0) is 17.9. The number of hydrogen-bond donors (Lipinski definition) is 0. The Hall–Kier alpha value is -2.05. The summed E-state index contributed by atoms with van der Waals surface area (Å²) in [6, 6.07) is 2.21. The molecule has 0 spiro atoms. The van der Waals surface area contributed by atoms with Gasteiger partial charge in [-0.1, -0.05) is 12.2 Å². The molecule has 1 fully saturated rings. The van der Waals surface area contributed by atoms with E-state index in [1.165, 1.54) is 6.07 Å². The number of halogens is 3. The van der Waals surface area contributed by atoms with Crippen molar-refractivity contribution in [2.45, 2.75) is 44.4 Å². The van der Waals surface area contributed by atoms with Crippen molar-refractivity contribution in [2.24, 2.45) is 5.92 Å². The van der Waals surface area contributed by atoms with Crippen molar-refractivity contribution >= 4 is 5.91 Å². The van der Waals surface area contributed by atoms with Gasteiger partial charge in [0.25, 0.3) is 0 Å². The van der Waals surface area contributed by atoms with Crippen LogP contribution in [0, 0.1) is 5.92 Å². The monoisotopic (exact) mass is 354 g/mol. The van der Waals surface area contributed by atoms with Gasteiger partial charge < -0.3 is 9.64 Å². The maximum atomic E-state index is 12.5. The van der Waals surface area contributed by atoms with Crippen molar-refractivity contribution in [3.05, 3.63) is 36.0 Å². The van der Waals surface area contributed by atoms with E-state index in [0.717, 1.165) is 31.5 Å². The Morgan fingerprint density at radius 3 is 2.48 bits per heavy atom. The number of piperidine rings is 1. The highest BCUT2D eigenvalue weighted by Gasteiger charge is 2.31. The summed E-state index contributed by atoms with van der Waals surface area (Å²) in [4.78, 5) is 18.1. The predicted octanol–water partition coefficient (Wildman–Crippen LogP) is 3.83. The van der Waals surface area contributed by atoms with Gasteiger partial charge in [0.15, 0.2) is 0 Å². The molecule has 1 aromatic heterocycles. The van der Waals surface area contributed by atoms with E-state index >= 15 is 0 Å². The van der Waals surface area contributed by atoms with Crippen LogP contribution in [0.3, 0.4) is 0 Å². The first-order valence-electron chi connectivity index (χ1n) is 8.57. The summed E-state index contributed by atoms with van der Waals surface area (Å²) < 4.78 is 43.3. The normalized spacial score (nSPS) is 22.0. The van der Waals surface area contributed by atoms with E-state index in [0.29, 0.717) is 25.9 Å². The number of alkyl halides is 3. The van der Waals surface area contributed by atoms with Crippen LogP contribution in [-0.2, 0) is 11.0 Å². The number of amides is 1. The molecule has 0 bridgehead atoms. The average Bonchev–Trinajstić information content (AvgIpc) is 2.62. The molecule has 0 radical (unpaired) electrons. The van der Waals surface area contributed by atoms with Crippen LogP contribution in [0.2, 0.25) is 0 Å². The molecule has 1 aromatic rings. The number of hydrogen-bond acceptors (Lipinski definition) is 3. The molecule has 3 rings (SSSR count). The quantitative estimate of drug-likeness (QED) is 0.775. The maximum Gasteiger partial charge on any atom is 0.417 e. The van der Waals surface area contributed by atoms with Gasteiger partial charge in [-0.15, -0.1) is 0 Å². The first-order chi connectivity index (χ1) is 11.9. The van der Waals surface area contributed by atoms with Gasteiger partial charge in [-0.25, -0.2) is 4.98 Å². The zero-order valence-corrected chi connectivity index (χ0v) is 13.8. The molecule has 4 nitrogen and oxygen atoms in total. The van der Waals surface area contributed by atoms with Crippen molar-refractivity contribution < 1.29 is 22.7 Å². The van der Waals surface area contributed by atoms with Gasteiger partial charge >= 0.3 is 6.18 Å². The molecular formula is C18H21F3N2O2. The summed E-state index contributed by atoms with van der Waals surface area (Å²) in [5.74, 6) is 0.477. The highest BCUT2D eigenvalue weighted by Crippen LogP contribution is 2.30. The Balaban J connectivity index is 1.49. The van der Waals surface area contributed by atoms with Gasteiger partial charge in [0.2, 0.25) is 11.8 Å². The second-order valence-electron chi connectivity index (χ2n) is 6.51. The Labute approximate surface area is 144 Å². The molecule has 0 unspecified atom stereocenters. The third-order valence-electron chi connectivity index (χ3n) is 4.72. The molecule has 1 amide bonds. The fourth-order valence-electron chi connectivity index (χ4n) is 3.26. The number of pyridine rings is 1. The van der Waals surface area contributed by atoms with E-state index in [-0.39, 0.29) is 23.8 Å². The van der Waals surface area contributed by atoms with Gasteiger partial charge in [0.05, 0.1) is 5.56 Å². The van der Waals surface area contributed by atoms with E-state index in [9.17, 15) is 18.0 Å². The van der Waals surface area contributed by atoms with E-state index in [1.807, 2.05) is 4.90 Å². The lowest BCUT2D eigenvalue weighted by Gasteiger charge is -2.34. The number of rotatable bonds is 3. The van der Waals surface area contributed by atoms with Crippen LogP contribution in [0.25, 0.3) is 0 Å². The van der Waals surface area contributed by atoms with Gasteiger partial charge in [-0.2, -0.15) is 13.2 Å². The number of nitrogens with zero attached hydrogens (tertiary/aromatic N) is 2. The Morgan fingerprint density at radius 1 is 1.16 bits per heavy atom. The molecule has 2 aliphatic rings. The van der Waals surface area contributed by atoms with Crippen LogP contribution in [0.4, 0.5) is 13.2 Å². The Bertz CT molecular complexity index is 620. The molecule has 0 aromatic carbocycles. The highest BCUT2D eigenvalue weighted by molar-refractivity contribution is 5.79. The molecule has 0 N–H and O–H groups in total. The smallest absolute Gasteiger partial charge is 0.417 e. The number of likely N-dealkylation sites (tertiary alicyclic amines) is 1. The summed E-state index contributed by atoms with van der Waals surface area (Å²) in [5.41, 5.74) is -0.790. The van der Waals surface area contributed by atoms with Crippen molar-refractivity contribution in [1.29, 1.82) is 0 Å². The van der Waals surface area contributed by atoms with Gasteiger partial charge in [-0.05, 0) is 25.3 Å². The van der Waals surface area contributed by atoms with Gasteiger partial charge in [0.1, 0.15) is 6.10 Å². The molecule has 1 saturated heterocycles. The number of carbonyl (C=O) groups is 1. The third kappa shape index (κ3) is 4.52. The van der Waals surface area contributed by atoms with Gasteiger partial charge in [0, 0.05) is 44.1 Å². The van der Waals surface area contributed by atoms with E-state index in [1.54, 1.807) is 0 Å². The fraction of sp³-hybridized carbons (Fsp3) is 0.556. The largest absolute Gasteiger partial charge is 0.474 e. The SMILES string of the molecule is O=C([C@H]1CC=CCC1)N1CCC(Oc2ccc(C(F)(F)F)cn2)CC1. The average molecular weight is 354 g/mol. The van der Waals surface area contributed by atoms with Crippen LogP contribution < -0.4 is 4.74 Å². The third-order valence-corrected chi connectivity index (χ3v) is 4.72.